The first kappa shape index (κ1) is 17.4. The maximum absolute atomic E-state index is 12.6. The van der Waals surface area contributed by atoms with Crippen LogP contribution in [0.3, 0.4) is 0 Å². The van der Waals surface area contributed by atoms with Crippen molar-refractivity contribution in [3.63, 3.8) is 0 Å². The lowest BCUT2D eigenvalue weighted by atomic mass is 10.2. The van der Waals surface area contributed by atoms with Crippen LogP contribution in [0.25, 0.3) is 0 Å². The second-order valence-electron chi connectivity index (χ2n) is 5.35. The number of carbonyl (C=O) groups excluding carboxylic acids is 1. The summed E-state index contributed by atoms with van der Waals surface area (Å²) in [7, 11) is 0. The number of nitrogens with zero attached hydrogens (tertiary/aromatic N) is 3. The Bertz CT molecular complexity index is 857. The van der Waals surface area contributed by atoms with Gasteiger partial charge in [-0.25, -0.2) is 0 Å². The number of amides is 1. The van der Waals surface area contributed by atoms with Gasteiger partial charge in [0.05, 0.1) is 11.5 Å². The highest BCUT2D eigenvalue weighted by molar-refractivity contribution is 8.13. The first-order valence-corrected chi connectivity index (χ1v) is 8.89. The molecule has 0 radical (unpaired) electrons. The van der Waals surface area contributed by atoms with E-state index in [-0.39, 0.29) is 11.6 Å². The number of thioether (sulfide) groups is 1. The normalized spacial score (nSPS) is 13.6. The topological polar surface area (TPSA) is 75.8 Å². The number of non-ortho nitro benzene ring substituents is 1. The average molecular weight is 376 g/mol. The van der Waals surface area contributed by atoms with Crippen LogP contribution in [-0.2, 0) is 5.75 Å². The van der Waals surface area contributed by atoms with Gasteiger partial charge in [-0.05, 0) is 23.8 Å². The van der Waals surface area contributed by atoms with E-state index in [0.717, 1.165) is 5.56 Å². The van der Waals surface area contributed by atoms with Crippen molar-refractivity contribution in [1.29, 1.82) is 0 Å². The third kappa shape index (κ3) is 4.18. The van der Waals surface area contributed by atoms with Crippen LogP contribution in [0.15, 0.2) is 53.5 Å². The lowest BCUT2D eigenvalue weighted by molar-refractivity contribution is -0.384. The molecule has 3 rings (SSSR count). The molecule has 1 aliphatic heterocycles. The fourth-order valence-corrected chi connectivity index (χ4v) is 3.60. The molecule has 0 saturated heterocycles. The SMILES string of the molecule is O=C(c1cccc(Cl)c1)N1CCN=C1SCc1cccc([N+](=O)[O-])c1. The minimum atomic E-state index is -0.420. The summed E-state index contributed by atoms with van der Waals surface area (Å²) in [4.78, 5) is 29.1. The summed E-state index contributed by atoms with van der Waals surface area (Å²) in [6.45, 7) is 1.06. The standard InChI is InChI=1S/C17H14ClN3O3S/c18-14-5-2-4-13(10-14)16(22)20-8-7-19-17(20)25-11-12-3-1-6-15(9-12)21(23)24/h1-6,9-10H,7-8,11H2. The lowest BCUT2D eigenvalue weighted by Gasteiger charge is -2.18. The van der Waals surface area contributed by atoms with Gasteiger partial charge in [-0.1, -0.05) is 41.6 Å². The number of nitro groups is 1. The molecular weight excluding hydrogens is 362 g/mol. The van der Waals surface area contributed by atoms with Crippen LogP contribution in [-0.4, -0.2) is 34.0 Å². The molecule has 0 spiro atoms. The van der Waals surface area contributed by atoms with Gasteiger partial charge >= 0.3 is 0 Å². The number of amidine groups is 1. The molecule has 1 aliphatic rings. The maximum Gasteiger partial charge on any atom is 0.269 e. The molecule has 0 bridgehead atoms. The zero-order chi connectivity index (χ0) is 17.8. The second kappa shape index (κ2) is 7.67. The Hall–Kier alpha value is -2.38. The van der Waals surface area contributed by atoms with Gasteiger partial charge in [0.25, 0.3) is 11.6 Å². The van der Waals surface area contributed by atoms with Crippen LogP contribution < -0.4 is 0 Å². The summed E-state index contributed by atoms with van der Waals surface area (Å²) in [6, 6.07) is 13.3. The molecule has 2 aromatic rings. The quantitative estimate of drug-likeness (QED) is 0.598. The van der Waals surface area contributed by atoms with E-state index < -0.39 is 4.92 Å². The monoisotopic (exact) mass is 375 g/mol. The molecular formula is C17H14ClN3O3S. The molecule has 1 amide bonds. The third-order valence-corrected chi connectivity index (χ3v) is 4.93. The van der Waals surface area contributed by atoms with E-state index in [1.165, 1.54) is 23.9 Å². The molecule has 25 heavy (non-hydrogen) atoms. The molecule has 128 valence electrons. The molecule has 0 atom stereocenters. The van der Waals surface area contributed by atoms with E-state index in [9.17, 15) is 14.9 Å². The number of hydrogen-bond donors (Lipinski definition) is 0. The number of hydrogen-bond acceptors (Lipinski definition) is 5. The minimum absolute atomic E-state index is 0.0540. The molecule has 0 N–H and O–H groups in total. The smallest absolute Gasteiger partial charge is 0.269 e. The van der Waals surface area contributed by atoms with Crippen molar-refractivity contribution < 1.29 is 9.72 Å². The molecule has 0 unspecified atom stereocenters. The lowest BCUT2D eigenvalue weighted by Crippen LogP contribution is -2.32. The van der Waals surface area contributed by atoms with E-state index in [1.54, 1.807) is 35.2 Å². The van der Waals surface area contributed by atoms with Gasteiger partial charge in [-0.15, -0.1) is 0 Å². The Morgan fingerprint density at radius 3 is 2.84 bits per heavy atom. The van der Waals surface area contributed by atoms with E-state index in [4.69, 9.17) is 11.6 Å². The number of nitro benzene ring substituents is 1. The number of aliphatic imine (C=N–C) groups is 1. The minimum Gasteiger partial charge on any atom is -0.286 e. The summed E-state index contributed by atoms with van der Waals surface area (Å²) in [5.74, 6) is 0.352. The molecule has 2 aromatic carbocycles. The average Bonchev–Trinajstić information content (AvgIpc) is 3.08. The molecule has 8 heteroatoms. The van der Waals surface area contributed by atoms with E-state index in [0.29, 0.717) is 34.6 Å². The van der Waals surface area contributed by atoms with Crippen molar-refractivity contribution in [3.05, 3.63) is 74.8 Å². The van der Waals surface area contributed by atoms with Crippen LogP contribution in [0, 0.1) is 10.1 Å². The number of halogens is 1. The van der Waals surface area contributed by atoms with Gasteiger partial charge in [0.1, 0.15) is 0 Å². The summed E-state index contributed by atoms with van der Waals surface area (Å²) < 4.78 is 0. The zero-order valence-corrected chi connectivity index (χ0v) is 14.7. The summed E-state index contributed by atoms with van der Waals surface area (Å²) in [5, 5.41) is 12.0. The number of rotatable bonds is 4. The Morgan fingerprint density at radius 1 is 1.28 bits per heavy atom. The number of carbonyl (C=O) groups is 1. The Labute approximate surface area is 153 Å². The van der Waals surface area contributed by atoms with Crippen LogP contribution in [0.5, 0.6) is 0 Å². The molecule has 0 aliphatic carbocycles. The highest BCUT2D eigenvalue weighted by Gasteiger charge is 2.25. The van der Waals surface area contributed by atoms with E-state index in [2.05, 4.69) is 4.99 Å². The molecule has 1 heterocycles. The van der Waals surface area contributed by atoms with Crippen LogP contribution >= 0.6 is 23.4 Å². The first-order chi connectivity index (χ1) is 12.0. The molecule has 0 saturated carbocycles. The van der Waals surface area contributed by atoms with Gasteiger partial charge in [0.15, 0.2) is 5.17 Å². The van der Waals surface area contributed by atoms with Gasteiger partial charge < -0.3 is 0 Å². The van der Waals surface area contributed by atoms with Crippen molar-refractivity contribution >= 4 is 40.1 Å². The van der Waals surface area contributed by atoms with Crippen LogP contribution in [0.2, 0.25) is 5.02 Å². The third-order valence-electron chi connectivity index (χ3n) is 3.61. The van der Waals surface area contributed by atoms with E-state index in [1.807, 2.05) is 6.07 Å². The summed E-state index contributed by atoms with van der Waals surface area (Å²) in [5.41, 5.74) is 1.38. The Balaban J connectivity index is 1.69. The maximum atomic E-state index is 12.6. The van der Waals surface area contributed by atoms with Gasteiger partial charge in [-0.3, -0.25) is 24.8 Å². The zero-order valence-electron chi connectivity index (χ0n) is 13.1. The highest BCUT2D eigenvalue weighted by atomic mass is 35.5. The largest absolute Gasteiger partial charge is 0.286 e. The molecule has 6 nitrogen and oxygen atoms in total. The Kier molecular flexibility index (Phi) is 5.35. The van der Waals surface area contributed by atoms with Gasteiger partial charge in [-0.2, -0.15) is 0 Å². The fourth-order valence-electron chi connectivity index (χ4n) is 2.42. The van der Waals surface area contributed by atoms with Crippen molar-refractivity contribution in [2.24, 2.45) is 4.99 Å². The van der Waals surface area contributed by atoms with Crippen molar-refractivity contribution in [2.75, 3.05) is 13.1 Å². The van der Waals surface area contributed by atoms with Crippen molar-refractivity contribution in [1.82, 2.24) is 4.90 Å². The second-order valence-corrected chi connectivity index (χ2v) is 6.73. The van der Waals surface area contributed by atoms with Crippen LogP contribution in [0.4, 0.5) is 5.69 Å². The summed E-state index contributed by atoms with van der Waals surface area (Å²) >= 11 is 7.34. The van der Waals surface area contributed by atoms with Crippen molar-refractivity contribution in [2.45, 2.75) is 5.75 Å². The Morgan fingerprint density at radius 2 is 2.08 bits per heavy atom. The van der Waals surface area contributed by atoms with Crippen molar-refractivity contribution in [3.8, 4) is 0 Å². The van der Waals surface area contributed by atoms with Gasteiger partial charge in [0, 0.05) is 35.0 Å². The molecule has 0 aromatic heterocycles. The fraction of sp³-hybridized carbons (Fsp3) is 0.176. The predicted molar refractivity (Wildman–Crippen MR) is 99.2 cm³/mol. The van der Waals surface area contributed by atoms with Crippen LogP contribution in [0.1, 0.15) is 15.9 Å². The first-order valence-electron chi connectivity index (χ1n) is 7.52. The number of benzene rings is 2. The highest BCUT2D eigenvalue weighted by Crippen LogP contribution is 2.24. The predicted octanol–water partition coefficient (Wildman–Crippen LogP) is 3.99. The van der Waals surface area contributed by atoms with Gasteiger partial charge in [0.2, 0.25) is 0 Å². The van der Waals surface area contributed by atoms with E-state index >= 15 is 0 Å². The summed E-state index contributed by atoms with van der Waals surface area (Å²) in [6.07, 6.45) is 0. The molecule has 0 fully saturated rings.